The Morgan fingerprint density at radius 1 is 1.38 bits per heavy atom. The molecule has 1 heterocycles. The Labute approximate surface area is 79.2 Å². The summed E-state index contributed by atoms with van der Waals surface area (Å²) in [7, 11) is 0. The normalized spacial score (nSPS) is 20.4. The molecule has 1 aliphatic carbocycles. The minimum absolute atomic E-state index is 0.205. The highest BCUT2D eigenvalue weighted by molar-refractivity contribution is 5.14. The number of nitrogens with zero attached hydrogens (tertiary/aromatic N) is 1. The summed E-state index contributed by atoms with van der Waals surface area (Å²) in [4.78, 5) is 4.10. The van der Waals surface area contributed by atoms with E-state index in [0.29, 0.717) is 5.92 Å². The standard InChI is InChI=1S/C11H16N2/c12-11(9-4-1-2-5-9)10-6-3-7-13-8-10/h3,6-9,11H,1-2,4-5,12H2/t11-/m0/s1. The SMILES string of the molecule is N[C@H](c1cccnc1)C1CCCC1. The van der Waals surface area contributed by atoms with Crippen molar-refractivity contribution in [2.75, 3.05) is 0 Å². The second-order valence-corrected chi connectivity index (χ2v) is 3.86. The van der Waals surface area contributed by atoms with Crippen molar-refractivity contribution in [1.29, 1.82) is 0 Å². The lowest BCUT2D eigenvalue weighted by atomic mass is 9.94. The van der Waals surface area contributed by atoms with Gasteiger partial charge in [0.05, 0.1) is 0 Å². The molecule has 0 amide bonds. The van der Waals surface area contributed by atoms with Crippen molar-refractivity contribution in [3.8, 4) is 0 Å². The fourth-order valence-corrected chi connectivity index (χ4v) is 2.16. The molecule has 0 radical (unpaired) electrons. The van der Waals surface area contributed by atoms with Gasteiger partial charge in [-0.15, -0.1) is 0 Å². The van der Waals surface area contributed by atoms with Gasteiger partial charge in [0.15, 0.2) is 0 Å². The minimum atomic E-state index is 0.205. The Morgan fingerprint density at radius 2 is 2.15 bits per heavy atom. The van der Waals surface area contributed by atoms with Crippen LogP contribution in [-0.2, 0) is 0 Å². The van der Waals surface area contributed by atoms with Crippen LogP contribution in [0.3, 0.4) is 0 Å². The lowest BCUT2D eigenvalue weighted by Crippen LogP contribution is -2.19. The molecule has 0 bridgehead atoms. The molecule has 70 valence electrons. The summed E-state index contributed by atoms with van der Waals surface area (Å²) in [5, 5.41) is 0. The fraction of sp³-hybridized carbons (Fsp3) is 0.545. The molecule has 1 aliphatic rings. The Hall–Kier alpha value is -0.890. The molecule has 13 heavy (non-hydrogen) atoms. The third-order valence-corrected chi connectivity index (χ3v) is 2.98. The predicted molar refractivity (Wildman–Crippen MR) is 53.1 cm³/mol. The first kappa shape index (κ1) is 8.70. The predicted octanol–water partition coefficient (Wildman–Crippen LogP) is 2.27. The topological polar surface area (TPSA) is 38.9 Å². The summed E-state index contributed by atoms with van der Waals surface area (Å²) in [6.45, 7) is 0. The first-order valence-corrected chi connectivity index (χ1v) is 5.03. The van der Waals surface area contributed by atoms with Crippen molar-refractivity contribution < 1.29 is 0 Å². The maximum absolute atomic E-state index is 6.16. The van der Waals surface area contributed by atoms with Gasteiger partial charge in [-0.1, -0.05) is 18.9 Å². The van der Waals surface area contributed by atoms with E-state index in [-0.39, 0.29) is 6.04 Å². The first-order chi connectivity index (χ1) is 6.38. The van der Waals surface area contributed by atoms with E-state index < -0.39 is 0 Å². The molecule has 2 rings (SSSR count). The summed E-state index contributed by atoms with van der Waals surface area (Å²) in [6, 6.07) is 4.25. The van der Waals surface area contributed by atoms with Crippen LogP contribution in [0.4, 0.5) is 0 Å². The lowest BCUT2D eigenvalue weighted by Gasteiger charge is -2.18. The molecule has 2 N–H and O–H groups in total. The van der Waals surface area contributed by atoms with Gasteiger partial charge in [0, 0.05) is 18.4 Å². The Bertz CT molecular complexity index is 252. The second-order valence-electron chi connectivity index (χ2n) is 3.86. The molecule has 0 spiro atoms. The third-order valence-electron chi connectivity index (χ3n) is 2.98. The summed E-state index contributed by atoms with van der Waals surface area (Å²) in [5.41, 5.74) is 7.35. The highest BCUT2D eigenvalue weighted by Gasteiger charge is 2.22. The molecule has 1 saturated carbocycles. The van der Waals surface area contributed by atoms with E-state index in [0.717, 1.165) is 0 Å². The van der Waals surface area contributed by atoms with Crippen LogP contribution in [0.5, 0.6) is 0 Å². The highest BCUT2D eigenvalue weighted by Crippen LogP contribution is 2.33. The number of aromatic nitrogens is 1. The van der Waals surface area contributed by atoms with Gasteiger partial charge >= 0.3 is 0 Å². The van der Waals surface area contributed by atoms with Crippen LogP contribution in [-0.4, -0.2) is 4.98 Å². The fourth-order valence-electron chi connectivity index (χ4n) is 2.16. The minimum Gasteiger partial charge on any atom is -0.324 e. The van der Waals surface area contributed by atoms with Crippen molar-refractivity contribution in [1.82, 2.24) is 4.98 Å². The number of hydrogen-bond acceptors (Lipinski definition) is 2. The first-order valence-electron chi connectivity index (χ1n) is 5.03. The maximum Gasteiger partial charge on any atom is 0.0338 e. The third kappa shape index (κ3) is 1.89. The van der Waals surface area contributed by atoms with Gasteiger partial charge in [0.2, 0.25) is 0 Å². The van der Waals surface area contributed by atoms with Gasteiger partial charge in [-0.3, -0.25) is 4.98 Å². The van der Waals surface area contributed by atoms with Crippen molar-refractivity contribution in [3.63, 3.8) is 0 Å². The zero-order chi connectivity index (χ0) is 9.10. The van der Waals surface area contributed by atoms with Crippen molar-refractivity contribution in [2.24, 2.45) is 11.7 Å². The molecule has 1 atom stereocenters. The Kier molecular flexibility index (Phi) is 2.60. The molecular formula is C11H16N2. The van der Waals surface area contributed by atoms with Gasteiger partial charge in [-0.2, -0.15) is 0 Å². The zero-order valence-corrected chi connectivity index (χ0v) is 7.82. The van der Waals surface area contributed by atoms with Crippen LogP contribution in [0.1, 0.15) is 37.3 Å². The van der Waals surface area contributed by atoms with Gasteiger partial charge in [0.25, 0.3) is 0 Å². The number of pyridine rings is 1. The Balaban J connectivity index is 2.08. The van der Waals surface area contributed by atoms with Crippen LogP contribution in [0.15, 0.2) is 24.5 Å². The molecule has 0 aliphatic heterocycles. The number of hydrogen-bond donors (Lipinski definition) is 1. The van der Waals surface area contributed by atoms with Gasteiger partial charge in [-0.05, 0) is 30.4 Å². The molecule has 0 aromatic carbocycles. The molecule has 0 unspecified atom stereocenters. The second kappa shape index (κ2) is 3.88. The van der Waals surface area contributed by atoms with E-state index in [4.69, 9.17) is 5.73 Å². The van der Waals surface area contributed by atoms with E-state index in [1.54, 1.807) is 6.20 Å². The van der Waals surface area contributed by atoms with Gasteiger partial charge < -0.3 is 5.73 Å². The van der Waals surface area contributed by atoms with E-state index in [1.165, 1.54) is 31.2 Å². The molecule has 1 aromatic rings. The summed E-state index contributed by atoms with van der Waals surface area (Å²) in [6.07, 6.45) is 8.96. The molecule has 0 saturated heterocycles. The molecule has 2 heteroatoms. The lowest BCUT2D eigenvalue weighted by molar-refractivity contribution is 0.444. The summed E-state index contributed by atoms with van der Waals surface area (Å²) in [5.74, 6) is 0.684. The van der Waals surface area contributed by atoms with Crippen molar-refractivity contribution in [2.45, 2.75) is 31.7 Å². The van der Waals surface area contributed by atoms with Crippen molar-refractivity contribution in [3.05, 3.63) is 30.1 Å². The largest absolute Gasteiger partial charge is 0.324 e. The maximum atomic E-state index is 6.16. The van der Waals surface area contributed by atoms with E-state index in [2.05, 4.69) is 11.1 Å². The Morgan fingerprint density at radius 3 is 2.77 bits per heavy atom. The summed E-state index contributed by atoms with van der Waals surface area (Å²) < 4.78 is 0. The zero-order valence-electron chi connectivity index (χ0n) is 7.82. The van der Waals surface area contributed by atoms with Crippen molar-refractivity contribution >= 4 is 0 Å². The van der Waals surface area contributed by atoms with Crippen LogP contribution >= 0.6 is 0 Å². The molecule has 1 fully saturated rings. The van der Waals surface area contributed by atoms with Crippen LogP contribution in [0, 0.1) is 5.92 Å². The van der Waals surface area contributed by atoms with Crippen LogP contribution in [0.25, 0.3) is 0 Å². The van der Waals surface area contributed by atoms with E-state index in [9.17, 15) is 0 Å². The van der Waals surface area contributed by atoms with Gasteiger partial charge in [-0.25, -0.2) is 0 Å². The monoisotopic (exact) mass is 176 g/mol. The number of rotatable bonds is 2. The molecular weight excluding hydrogens is 160 g/mol. The average molecular weight is 176 g/mol. The van der Waals surface area contributed by atoms with Crippen LogP contribution < -0.4 is 5.73 Å². The van der Waals surface area contributed by atoms with E-state index in [1.807, 2.05) is 12.3 Å². The average Bonchev–Trinajstić information content (AvgIpc) is 2.71. The molecule has 2 nitrogen and oxygen atoms in total. The summed E-state index contributed by atoms with van der Waals surface area (Å²) >= 11 is 0. The highest BCUT2D eigenvalue weighted by atomic mass is 14.7. The molecule has 1 aromatic heterocycles. The van der Waals surface area contributed by atoms with Gasteiger partial charge in [0.1, 0.15) is 0 Å². The number of nitrogens with two attached hydrogens (primary N) is 1. The van der Waals surface area contributed by atoms with E-state index >= 15 is 0 Å². The quantitative estimate of drug-likeness (QED) is 0.750. The van der Waals surface area contributed by atoms with Crippen LogP contribution in [0.2, 0.25) is 0 Å². The smallest absolute Gasteiger partial charge is 0.0338 e.